The highest BCUT2D eigenvalue weighted by Crippen LogP contribution is 2.29. The zero-order valence-electron chi connectivity index (χ0n) is 13.1. The van der Waals surface area contributed by atoms with Crippen LogP contribution in [-0.4, -0.2) is 24.2 Å². The van der Waals surface area contributed by atoms with Gasteiger partial charge in [-0.3, -0.25) is 4.79 Å². The second-order valence-electron chi connectivity index (χ2n) is 6.00. The molecule has 3 nitrogen and oxygen atoms in total. The minimum absolute atomic E-state index is 0.00886. The van der Waals surface area contributed by atoms with Crippen LogP contribution in [-0.2, 0) is 4.79 Å². The fourth-order valence-corrected chi connectivity index (χ4v) is 2.93. The topological polar surface area (TPSA) is 49.3 Å². The van der Waals surface area contributed by atoms with E-state index in [1.165, 1.54) is 0 Å². The van der Waals surface area contributed by atoms with Crippen LogP contribution >= 0.6 is 23.2 Å². The van der Waals surface area contributed by atoms with Gasteiger partial charge in [-0.25, -0.2) is 0 Å². The molecule has 1 aliphatic carbocycles. The highest BCUT2D eigenvalue weighted by Gasteiger charge is 2.30. The highest BCUT2D eigenvalue weighted by atomic mass is 35.5. The van der Waals surface area contributed by atoms with Crippen LogP contribution in [0.25, 0.3) is 0 Å². The maximum absolute atomic E-state index is 12.5. The molecule has 0 aromatic heterocycles. The number of allylic oxidation sites excluding steroid dienone is 3. The molecule has 0 heterocycles. The number of carbonyl (C=O) groups is 1. The van der Waals surface area contributed by atoms with E-state index in [2.05, 4.69) is 5.32 Å². The van der Waals surface area contributed by atoms with Crippen LogP contribution in [0.4, 0.5) is 0 Å². The third kappa shape index (κ3) is 4.60. The van der Waals surface area contributed by atoms with Gasteiger partial charge >= 0.3 is 0 Å². The predicted octanol–water partition coefficient (Wildman–Crippen LogP) is 4.10. The van der Waals surface area contributed by atoms with Gasteiger partial charge in [0, 0.05) is 19.1 Å². The minimum atomic E-state index is -0.518. The molecule has 5 heteroatoms. The van der Waals surface area contributed by atoms with E-state index in [4.69, 9.17) is 23.2 Å². The van der Waals surface area contributed by atoms with E-state index in [1.54, 1.807) is 12.1 Å². The molecule has 23 heavy (non-hydrogen) atoms. The first kappa shape index (κ1) is 18.1. The van der Waals surface area contributed by atoms with Crippen LogP contribution in [0.1, 0.15) is 31.2 Å². The van der Waals surface area contributed by atoms with Gasteiger partial charge in [0.1, 0.15) is 0 Å². The van der Waals surface area contributed by atoms with Crippen molar-refractivity contribution in [3.63, 3.8) is 0 Å². The van der Waals surface area contributed by atoms with Gasteiger partial charge in [0.05, 0.1) is 15.5 Å². The maximum Gasteiger partial charge on any atom is 0.230 e. The number of hydrogen-bond acceptors (Lipinski definition) is 2. The molecule has 0 saturated carbocycles. The maximum atomic E-state index is 12.5. The molecule has 0 saturated heterocycles. The summed E-state index contributed by atoms with van der Waals surface area (Å²) in [4.78, 5) is 12.5. The second kappa shape index (κ2) is 8.00. The average molecular weight is 354 g/mol. The van der Waals surface area contributed by atoms with E-state index in [-0.39, 0.29) is 18.4 Å². The van der Waals surface area contributed by atoms with Gasteiger partial charge in [0.25, 0.3) is 0 Å². The summed E-state index contributed by atoms with van der Waals surface area (Å²) in [6.45, 7) is 2.41. The molecular formula is C18H21Cl2NO2. The Hall–Kier alpha value is -1.29. The molecule has 1 aromatic carbocycles. The van der Waals surface area contributed by atoms with Gasteiger partial charge in [0.2, 0.25) is 5.91 Å². The zero-order valence-corrected chi connectivity index (χ0v) is 14.6. The van der Waals surface area contributed by atoms with Gasteiger partial charge in [-0.05, 0) is 37.5 Å². The van der Waals surface area contributed by atoms with Gasteiger partial charge in [-0.1, -0.05) is 53.6 Å². The van der Waals surface area contributed by atoms with Gasteiger partial charge in [-0.15, -0.1) is 0 Å². The number of aliphatic hydroxyl groups excluding tert-OH is 1. The number of halogens is 2. The Morgan fingerprint density at radius 3 is 2.74 bits per heavy atom. The van der Waals surface area contributed by atoms with E-state index in [0.29, 0.717) is 29.4 Å². The molecular weight excluding hydrogens is 333 g/mol. The molecule has 124 valence electrons. The molecule has 1 amide bonds. The first-order chi connectivity index (χ1) is 11.0. The Kier molecular flexibility index (Phi) is 6.28. The molecule has 0 aliphatic heterocycles. The number of carbonyl (C=O) groups excluding carboxylic acids is 1. The summed E-state index contributed by atoms with van der Waals surface area (Å²) in [7, 11) is 0. The lowest BCUT2D eigenvalue weighted by molar-refractivity contribution is -0.127. The first-order valence-electron chi connectivity index (χ1n) is 7.65. The summed E-state index contributed by atoms with van der Waals surface area (Å²) >= 11 is 12.0. The number of aliphatic hydroxyl groups is 1. The normalized spacial score (nSPS) is 21.2. The van der Waals surface area contributed by atoms with E-state index < -0.39 is 5.41 Å². The van der Waals surface area contributed by atoms with Crippen molar-refractivity contribution in [1.29, 1.82) is 0 Å². The number of amides is 1. The lowest BCUT2D eigenvalue weighted by Gasteiger charge is -2.27. The first-order valence-corrected chi connectivity index (χ1v) is 8.40. The van der Waals surface area contributed by atoms with E-state index in [1.807, 2.05) is 37.3 Å². The van der Waals surface area contributed by atoms with Crippen LogP contribution < -0.4 is 5.32 Å². The Bertz CT molecular complexity index is 627. The molecule has 0 bridgehead atoms. The standard InChI is InChI=1S/C18H21Cl2NO2/c1-18(8-3-2-4-9-18)17(23)21-12-14(7-10-22)13-5-6-15(19)16(20)11-13/h2-6,8,11,14,22H,7,9-10,12H2,1H3,(H,21,23). The number of benzene rings is 1. The molecule has 0 radical (unpaired) electrons. The Morgan fingerprint density at radius 1 is 1.35 bits per heavy atom. The van der Waals surface area contributed by atoms with Crippen molar-refractivity contribution >= 4 is 29.1 Å². The molecule has 2 atom stereocenters. The zero-order chi connectivity index (χ0) is 16.9. The fraction of sp³-hybridized carbons (Fsp3) is 0.389. The molecule has 2 unspecified atom stereocenters. The lowest BCUT2D eigenvalue weighted by Crippen LogP contribution is -2.40. The molecule has 1 aromatic rings. The summed E-state index contributed by atoms with van der Waals surface area (Å²) in [5.74, 6) is -0.0217. The summed E-state index contributed by atoms with van der Waals surface area (Å²) < 4.78 is 0. The largest absolute Gasteiger partial charge is 0.396 e. The van der Waals surface area contributed by atoms with Crippen molar-refractivity contribution in [2.75, 3.05) is 13.2 Å². The minimum Gasteiger partial charge on any atom is -0.396 e. The molecule has 1 aliphatic rings. The smallest absolute Gasteiger partial charge is 0.230 e. The third-order valence-electron chi connectivity index (χ3n) is 4.17. The molecule has 0 spiro atoms. The van der Waals surface area contributed by atoms with Gasteiger partial charge < -0.3 is 10.4 Å². The van der Waals surface area contributed by atoms with E-state index >= 15 is 0 Å². The number of hydrogen-bond donors (Lipinski definition) is 2. The second-order valence-corrected chi connectivity index (χ2v) is 6.82. The SMILES string of the molecule is CC1(C(=O)NCC(CCO)c2ccc(Cl)c(Cl)c2)C=CC=CC1. The van der Waals surface area contributed by atoms with Crippen molar-refractivity contribution in [3.8, 4) is 0 Å². The van der Waals surface area contributed by atoms with Crippen LogP contribution in [0.15, 0.2) is 42.5 Å². The van der Waals surface area contributed by atoms with E-state index in [9.17, 15) is 9.90 Å². The van der Waals surface area contributed by atoms with E-state index in [0.717, 1.165) is 5.56 Å². The van der Waals surface area contributed by atoms with Crippen molar-refractivity contribution in [2.45, 2.75) is 25.7 Å². The Labute approximate surface area is 147 Å². The van der Waals surface area contributed by atoms with Crippen molar-refractivity contribution in [2.24, 2.45) is 5.41 Å². The number of rotatable bonds is 6. The Morgan fingerprint density at radius 2 is 2.13 bits per heavy atom. The lowest BCUT2D eigenvalue weighted by atomic mass is 9.82. The average Bonchev–Trinajstić information content (AvgIpc) is 2.54. The summed E-state index contributed by atoms with van der Waals surface area (Å²) in [6, 6.07) is 5.41. The Balaban J connectivity index is 2.05. The van der Waals surface area contributed by atoms with Crippen LogP contribution in [0.3, 0.4) is 0 Å². The third-order valence-corrected chi connectivity index (χ3v) is 4.91. The molecule has 0 fully saturated rings. The predicted molar refractivity (Wildman–Crippen MR) is 94.9 cm³/mol. The van der Waals surface area contributed by atoms with Crippen molar-refractivity contribution in [1.82, 2.24) is 5.32 Å². The van der Waals surface area contributed by atoms with Crippen LogP contribution in [0, 0.1) is 5.41 Å². The van der Waals surface area contributed by atoms with Gasteiger partial charge in [-0.2, -0.15) is 0 Å². The van der Waals surface area contributed by atoms with Crippen LogP contribution in [0.5, 0.6) is 0 Å². The monoisotopic (exact) mass is 353 g/mol. The summed E-state index contributed by atoms with van der Waals surface area (Å²) in [5.41, 5.74) is 0.439. The van der Waals surface area contributed by atoms with Crippen molar-refractivity contribution < 1.29 is 9.90 Å². The summed E-state index contributed by atoms with van der Waals surface area (Å²) in [5, 5.41) is 13.3. The van der Waals surface area contributed by atoms with Crippen LogP contribution in [0.2, 0.25) is 10.0 Å². The number of nitrogens with one attached hydrogen (secondary N) is 1. The highest BCUT2D eigenvalue weighted by molar-refractivity contribution is 6.42. The fourth-order valence-electron chi connectivity index (χ4n) is 2.62. The van der Waals surface area contributed by atoms with Crippen molar-refractivity contribution in [3.05, 3.63) is 58.1 Å². The summed E-state index contributed by atoms with van der Waals surface area (Å²) in [6.07, 6.45) is 8.98. The molecule has 2 N–H and O–H groups in total. The van der Waals surface area contributed by atoms with Gasteiger partial charge in [0.15, 0.2) is 0 Å². The molecule has 2 rings (SSSR count). The quantitative estimate of drug-likeness (QED) is 0.808.